The SMILES string of the molecule is O=C1CCc2cccc(S(=O)(=O)C(F)F)c21. The predicted molar refractivity (Wildman–Crippen MR) is 52.3 cm³/mol. The normalized spacial score (nSPS) is 15.6. The second-order valence-corrected chi connectivity index (χ2v) is 5.41. The van der Waals surface area contributed by atoms with E-state index in [1.807, 2.05) is 0 Å². The van der Waals surface area contributed by atoms with Gasteiger partial charge in [0.1, 0.15) is 0 Å². The van der Waals surface area contributed by atoms with Crippen molar-refractivity contribution < 1.29 is 22.0 Å². The Morgan fingerprint density at radius 2 is 1.88 bits per heavy atom. The number of halogens is 2. The van der Waals surface area contributed by atoms with Crippen molar-refractivity contribution in [1.82, 2.24) is 0 Å². The third-order valence-corrected chi connectivity index (χ3v) is 3.98. The Kier molecular flexibility index (Phi) is 2.53. The zero-order valence-electron chi connectivity index (χ0n) is 8.11. The molecule has 1 aromatic carbocycles. The highest BCUT2D eigenvalue weighted by molar-refractivity contribution is 7.91. The Morgan fingerprint density at radius 3 is 2.50 bits per heavy atom. The molecule has 0 N–H and O–H groups in total. The van der Waals surface area contributed by atoms with Crippen LogP contribution in [-0.4, -0.2) is 20.0 Å². The fourth-order valence-corrected chi connectivity index (χ4v) is 2.80. The van der Waals surface area contributed by atoms with Gasteiger partial charge in [0.15, 0.2) is 5.78 Å². The smallest absolute Gasteiger partial charge is 0.294 e. The Labute approximate surface area is 91.0 Å². The van der Waals surface area contributed by atoms with Gasteiger partial charge in [0, 0.05) is 12.0 Å². The third-order valence-electron chi connectivity index (χ3n) is 2.55. The van der Waals surface area contributed by atoms with Crippen LogP contribution in [0.2, 0.25) is 0 Å². The molecular formula is C10H8F2O3S. The number of ketones is 1. The molecule has 1 aliphatic carbocycles. The molecule has 1 aliphatic rings. The minimum atomic E-state index is -4.69. The number of hydrogen-bond acceptors (Lipinski definition) is 3. The minimum Gasteiger partial charge on any atom is -0.294 e. The quantitative estimate of drug-likeness (QED) is 0.799. The van der Waals surface area contributed by atoms with Crippen molar-refractivity contribution in [3.05, 3.63) is 29.3 Å². The molecule has 0 amide bonds. The highest BCUT2D eigenvalue weighted by Gasteiger charge is 2.34. The lowest BCUT2D eigenvalue weighted by molar-refractivity contribution is 0.0991. The summed E-state index contributed by atoms with van der Waals surface area (Å²) in [6, 6.07) is 4.03. The first-order valence-corrected chi connectivity index (χ1v) is 6.16. The van der Waals surface area contributed by atoms with Crippen LogP contribution in [0.3, 0.4) is 0 Å². The van der Waals surface area contributed by atoms with Gasteiger partial charge in [0.25, 0.3) is 0 Å². The Hall–Kier alpha value is -1.30. The van der Waals surface area contributed by atoms with Gasteiger partial charge in [-0.3, -0.25) is 4.79 Å². The first kappa shape index (κ1) is 11.2. The molecule has 6 heteroatoms. The molecule has 0 aliphatic heterocycles. The summed E-state index contributed by atoms with van der Waals surface area (Å²) >= 11 is 0. The lowest BCUT2D eigenvalue weighted by atomic mass is 10.1. The van der Waals surface area contributed by atoms with Gasteiger partial charge in [-0.1, -0.05) is 12.1 Å². The molecule has 3 nitrogen and oxygen atoms in total. The molecule has 0 saturated carbocycles. The van der Waals surface area contributed by atoms with E-state index >= 15 is 0 Å². The largest absolute Gasteiger partial charge is 0.341 e. The Bertz CT molecular complexity index is 549. The maximum atomic E-state index is 12.4. The fourth-order valence-electron chi connectivity index (χ4n) is 1.81. The summed E-state index contributed by atoms with van der Waals surface area (Å²) in [5.74, 6) is -3.87. The maximum Gasteiger partial charge on any atom is 0.341 e. The molecule has 0 atom stereocenters. The fraction of sp³-hybridized carbons (Fsp3) is 0.300. The van der Waals surface area contributed by atoms with E-state index in [0.717, 1.165) is 6.07 Å². The van der Waals surface area contributed by atoms with Crippen LogP contribution in [0.1, 0.15) is 22.3 Å². The van der Waals surface area contributed by atoms with Gasteiger partial charge >= 0.3 is 5.76 Å². The van der Waals surface area contributed by atoms with Gasteiger partial charge in [-0.05, 0) is 18.1 Å². The lowest BCUT2D eigenvalue weighted by Crippen LogP contribution is -2.15. The summed E-state index contributed by atoms with van der Waals surface area (Å²) < 4.78 is 47.5. The van der Waals surface area contributed by atoms with E-state index in [1.54, 1.807) is 6.07 Å². The van der Waals surface area contributed by atoms with Crippen molar-refractivity contribution in [2.24, 2.45) is 0 Å². The summed E-state index contributed by atoms with van der Waals surface area (Å²) in [5.41, 5.74) is 0.481. The number of hydrogen-bond donors (Lipinski definition) is 0. The van der Waals surface area contributed by atoms with Crippen molar-refractivity contribution in [3.63, 3.8) is 0 Å². The Morgan fingerprint density at radius 1 is 1.19 bits per heavy atom. The van der Waals surface area contributed by atoms with E-state index in [0.29, 0.717) is 12.0 Å². The van der Waals surface area contributed by atoms with Crippen LogP contribution in [0, 0.1) is 0 Å². The number of sulfone groups is 1. The standard InChI is InChI=1S/C10H8F2O3S/c11-10(12)16(14,15)8-3-1-2-6-4-5-7(13)9(6)8/h1-3,10H,4-5H2. The monoisotopic (exact) mass is 246 g/mol. The number of carbonyl (C=O) groups is 1. The average molecular weight is 246 g/mol. The van der Waals surface area contributed by atoms with E-state index in [4.69, 9.17) is 0 Å². The van der Waals surface area contributed by atoms with Gasteiger partial charge in [0.05, 0.1) is 4.90 Å². The molecule has 0 fully saturated rings. The molecule has 0 bridgehead atoms. The van der Waals surface area contributed by atoms with E-state index < -0.39 is 20.5 Å². The third kappa shape index (κ3) is 1.53. The first-order chi connectivity index (χ1) is 7.44. The predicted octanol–water partition coefficient (Wildman–Crippen LogP) is 1.81. The van der Waals surface area contributed by atoms with Gasteiger partial charge in [0.2, 0.25) is 9.84 Å². The number of rotatable bonds is 2. The second kappa shape index (κ2) is 3.62. The van der Waals surface area contributed by atoms with Crippen LogP contribution in [-0.2, 0) is 16.3 Å². The van der Waals surface area contributed by atoms with E-state index in [9.17, 15) is 22.0 Å². The van der Waals surface area contributed by atoms with Crippen LogP contribution in [0.25, 0.3) is 0 Å². The topological polar surface area (TPSA) is 51.2 Å². The van der Waals surface area contributed by atoms with Crippen LogP contribution in [0.15, 0.2) is 23.1 Å². The number of alkyl halides is 2. The zero-order valence-corrected chi connectivity index (χ0v) is 8.93. The summed E-state index contributed by atoms with van der Waals surface area (Å²) in [6.07, 6.45) is 0.603. The van der Waals surface area contributed by atoms with Crippen LogP contribution < -0.4 is 0 Å². The van der Waals surface area contributed by atoms with E-state index in [2.05, 4.69) is 0 Å². The van der Waals surface area contributed by atoms with E-state index in [1.165, 1.54) is 6.07 Å². The number of aryl methyl sites for hydroxylation is 1. The maximum absolute atomic E-state index is 12.4. The van der Waals surface area contributed by atoms with Gasteiger partial charge in [-0.15, -0.1) is 0 Å². The highest BCUT2D eigenvalue weighted by Crippen LogP contribution is 2.30. The van der Waals surface area contributed by atoms with Gasteiger partial charge in [-0.25, -0.2) is 8.42 Å². The molecule has 86 valence electrons. The molecule has 0 aromatic heterocycles. The van der Waals surface area contributed by atoms with Crippen LogP contribution in [0.4, 0.5) is 8.78 Å². The molecule has 1 aromatic rings. The minimum absolute atomic E-state index is 0.0530. The zero-order chi connectivity index (χ0) is 11.9. The number of benzene rings is 1. The summed E-state index contributed by atoms with van der Waals surface area (Å²) in [4.78, 5) is 10.9. The van der Waals surface area contributed by atoms with Crippen molar-refractivity contribution in [3.8, 4) is 0 Å². The van der Waals surface area contributed by atoms with Crippen LogP contribution >= 0.6 is 0 Å². The van der Waals surface area contributed by atoms with Crippen molar-refractivity contribution in [2.75, 3.05) is 0 Å². The van der Waals surface area contributed by atoms with Gasteiger partial charge in [-0.2, -0.15) is 8.78 Å². The molecule has 2 rings (SSSR count). The summed E-state index contributed by atoms with van der Waals surface area (Å²) in [5, 5.41) is 0. The van der Waals surface area contributed by atoms with Crippen molar-refractivity contribution in [1.29, 1.82) is 0 Å². The molecule has 0 heterocycles. The molecule has 0 saturated heterocycles. The first-order valence-electron chi connectivity index (χ1n) is 4.61. The second-order valence-electron chi connectivity index (χ2n) is 3.52. The van der Waals surface area contributed by atoms with Crippen LogP contribution in [0.5, 0.6) is 0 Å². The lowest BCUT2D eigenvalue weighted by Gasteiger charge is -2.07. The van der Waals surface area contributed by atoms with Crippen molar-refractivity contribution >= 4 is 15.6 Å². The number of carbonyl (C=O) groups excluding carboxylic acids is 1. The van der Waals surface area contributed by atoms with Crippen molar-refractivity contribution in [2.45, 2.75) is 23.5 Å². The van der Waals surface area contributed by atoms with Gasteiger partial charge < -0.3 is 0 Å². The highest BCUT2D eigenvalue weighted by atomic mass is 32.2. The number of fused-ring (bicyclic) bond motifs is 1. The summed E-state index contributed by atoms with van der Waals surface area (Å²) in [6.45, 7) is 0. The molecule has 0 radical (unpaired) electrons. The average Bonchev–Trinajstić information content (AvgIpc) is 2.60. The molecular weight excluding hydrogens is 238 g/mol. The molecule has 16 heavy (non-hydrogen) atoms. The number of Topliss-reactive ketones (excluding diaryl/α,β-unsaturated/α-hetero) is 1. The molecule has 0 spiro atoms. The van der Waals surface area contributed by atoms with E-state index in [-0.39, 0.29) is 17.8 Å². The Balaban J connectivity index is 2.69. The summed E-state index contributed by atoms with van der Waals surface area (Å²) in [7, 11) is -4.69. The molecule has 0 unspecified atom stereocenters.